The number of amides is 1. The number of hydrogen-bond acceptors (Lipinski definition) is 4. The molecule has 2 rings (SSSR count). The molecule has 0 saturated carbocycles. The molecule has 0 aliphatic carbocycles. The van der Waals surface area contributed by atoms with Gasteiger partial charge in [0, 0.05) is 16.9 Å². The van der Waals surface area contributed by atoms with Gasteiger partial charge in [0.15, 0.2) is 5.13 Å². The molecule has 2 N–H and O–H groups in total. The van der Waals surface area contributed by atoms with E-state index in [0.717, 1.165) is 11.1 Å². The van der Waals surface area contributed by atoms with Gasteiger partial charge in [0.25, 0.3) is 0 Å². The molecule has 5 nitrogen and oxygen atoms in total. The SMILES string of the molecule is Cc1ccc(-c2nc(NC(=O)CC(C)C)sc2CC(=O)O)cc1. The molecule has 0 aliphatic rings. The number of nitrogens with zero attached hydrogens (tertiary/aromatic N) is 1. The van der Waals surface area contributed by atoms with E-state index < -0.39 is 5.97 Å². The van der Waals surface area contributed by atoms with Crippen LogP contribution in [0.5, 0.6) is 0 Å². The first-order chi connectivity index (χ1) is 10.8. The van der Waals surface area contributed by atoms with Crippen molar-refractivity contribution in [2.45, 2.75) is 33.6 Å². The number of rotatable bonds is 6. The van der Waals surface area contributed by atoms with Crippen LogP contribution in [0.15, 0.2) is 24.3 Å². The zero-order valence-corrected chi connectivity index (χ0v) is 14.2. The van der Waals surface area contributed by atoms with Crippen LogP contribution in [-0.2, 0) is 16.0 Å². The lowest BCUT2D eigenvalue weighted by Crippen LogP contribution is -2.13. The van der Waals surface area contributed by atoms with Crippen molar-refractivity contribution in [3.8, 4) is 11.3 Å². The van der Waals surface area contributed by atoms with Crippen LogP contribution in [0.3, 0.4) is 0 Å². The third-order valence-electron chi connectivity index (χ3n) is 3.17. The highest BCUT2D eigenvalue weighted by Gasteiger charge is 2.17. The maximum atomic E-state index is 11.9. The van der Waals surface area contributed by atoms with Gasteiger partial charge in [0.1, 0.15) is 0 Å². The van der Waals surface area contributed by atoms with Crippen LogP contribution < -0.4 is 5.32 Å². The van der Waals surface area contributed by atoms with E-state index in [9.17, 15) is 9.59 Å². The number of carbonyl (C=O) groups is 2. The van der Waals surface area contributed by atoms with Crippen molar-refractivity contribution in [3.63, 3.8) is 0 Å². The summed E-state index contributed by atoms with van der Waals surface area (Å²) in [5.74, 6) is -0.766. The predicted octanol–water partition coefficient (Wildman–Crippen LogP) is 3.73. The van der Waals surface area contributed by atoms with Crippen LogP contribution in [0.2, 0.25) is 0 Å². The zero-order chi connectivity index (χ0) is 17.0. The highest BCUT2D eigenvalue weighted by molar-refractivity contribution is 7.16. The molecular formula is C17H20N2O3S. The molecule has 1 aromatic carbocycles. The predicted molar refractivity (Wildman–Crippen MR) is 91.7 cm³/mol. The van der Waals surface area contributed by atoms with E-state index >= 15 is 0 Å². The first-order valence-corrected chi connectivity index (χ1v) is 8.25. The Morgan fingerprint density at radius 1 is 1.26 bits per heavy atom. The summed E-state index contributed by atoms with van der Waals surface area (Å²) in [4.78, 5) is 28.0. The number of benzene rings is 1. The lowest BCUT2D eigenvalue weighted by atomic mass is 10.1. The molecule has 1 amide bonds. The lowest BCUT2D eigenvalue weighted by molar-refractivity contribution is -0.136. The Morgan fingerprint density at radius 2 is 1.91 bits per heavy atom. The molecule has 2 aromatic rings. The van der Waals surface area contributed by atoms with Crippen molar-refractivity contribution in [1.29, 1.82) is 0 Å². The minimum atomic E-state index is -0.915. The summed E-state index contributed by atoms with van der Waals surface area (Å²) in [5.41, 5.74) is 2.60. The largest absolute Gasteiger partial charge is 0.481 e. The summed E-state index contributed by atoms with van der Waals surface area (Å²) in [6.07, 6.45) is 0.300. The van der Waals surface area contributed by atoms with Crippen LogP contribution >= 0.6 is 11.3 Å². The van der Waals surface area contributed by atoms with Gasteiger partial charge in [0.2, 0.25) is 5.91 Å². The molecule has 0 aliphatic heterocycles. The Kier molecular flexibility index (Phi) is 5.50. The summed E-state index contributed by atoms with van der Waals surface area (Å²) in [6.45, 7) is 5.92. The maximum absolute atomic E-state index is 11.9. The van der Waals surface area contributed by atoms with E-state index in [2.05, 4.69) is 10.3 Å². The molecule has 1 heterocycles. The molecule has 122 valence electrons. The summed E-state index contributed by atoms with van der Waals surface area (Å²) < 4.78 is 0. The van der Waals surface area contributed by atoms with Gasteiger partial charge in [-0.25, -0.2) is 4.98 Å². The number of carboxylic acid groups (broad SMARTS) is 1. The summed E-state index contributed by atoms with van der Waals surface area (Å²) >= 11 is 1.22. The molecule has 0 atom stereocenters. The fourth-order valence-electron chi connectivity index (χ4n) is 2.14. The van der Waals surface area contributed by atoms with E-state index in [1.807, 2.05) is 45.0 Å². The lowest BCUT2D eigenvalue weighted by Gasteiger charge is -2.03. The van der Waals surface area contributed by atoms with E-state index in [-0.39, 0.29) is 18.2 Å². The smallest absolute Gasteiger partial charge is 0.308 e. The molecule has 23 heavy (non-hydrogen) atoms. The number of carbonyl (C=O) groups excluding carboxylic acids is 1. The molecule has 0 bridgehead atoms. The second kappa shape index (κ2) is 7.37. The van der Waals surface area contributed by atoms with Crippen molar-refractivity contribution in [2.75, 3.05) is 5.32 Å². The number of carboxylic acids is 1. The number of nitrogens with one attached hydrogen (secondary N) is 1. The third kappa shape index (κ3) is 4.89. The third-order valence-corrected chi connectivity index (χ3v) is 4.14. The molecular weight excluding hydrogens is 312 g/mol. The minimum absolute atomic E-state index is 0.105. The maximum Gasteiger partial charge on any atom is 0.308 e. The average Bonchev–Trinajstić information content (AvgIpc) is 2.80. The fourth-order valence-corrected chi connectivity index (χ4v) is 3.13. The van der Waals surface area contributed by atoms with Crippen LogP contribution in [0, 0.1) is 12.8 Å². The first kappa shape index (κ1) is 17.1. The van der Waals surface area contributed by atoms with Crippen molar-refractivity contribution in [2.24, 2.45) is 5.92 Å². The molecule has 6 heteroatoms. The van der Waals surface area contributed by atoms with Gasteiger partial charge in [0.05, 0.1) is 12.1 Å². The van der Waals surface area contributed by atoms with Crippen molar-refractivity contribution >= 4 is 28.3 Å². The molecule has 0 spiro atoms. The van der Waals surface area contributed by atoms with Crippen molar-refractivity contribution in [3.05, 3.63) is 34.7 Å². The van der Waals surface area contributed by atoms with Gasteiger partial charge in [-0.1, -0.05) is 43.7 Å². The van der Waals surface area contributed by atoms with Gasteiger partial charge in [-0.2, -0.15) is 0 Å². The Labute approximate surface area is 139 Å². The van der Waals surface area contributed by atoms with Gasteiger partial charge >= 0.3 is 5.97 Å². The molecule has 0 saturated heterocycles. The Balaban J connectivity index is 2.30. The highest BCUT2D eigenvalue weighted by Crippen LogP contribution is 2.32. The molecule has 1 aromatic heterocycles. The van der Waals surface area contributed by atoms with Crippen molar-refractivity contribution < 1.29 is 14.7 Å². The number of aromatic nitrogens is 1. The van der Waals surface area contributed by atoms with Crippen LogP contribution in [0.25, 0.3) is 11.3 Å². The van der Waals surface area contributed by atoms with E-state index in [4.69, 9.17) is 5.11 Å². The summed E-state index contributed by atoms with van der Waals surface area (Å²) in [6, 6.07) is 7.73. The average molecular weight is 332 g/mol. The molecule has 0 unspecified atom stereocenters. The first-order valence-electron chi connectivity index (χ1n) is 7.43. The number of aliphatic carboxylic acids is 1. The van der Waals surface area contributed by atoms with Gasteiger partial charge in [-0.05, 0) is 12.8 Å². The second-order valence-corrected chi connectivity index (χ2v) is 6.96. The normalized spacial score (nSPS) is 10.8. The standard InChI is InChI=1S/C17H20N2O3S/c1-10(2)8-14(20)18-17-19-16(13(23-17)9-15(21)22)12-6-4-11(3)5-7-12/h4-7,10H,8-9H2,1-3H3,(H,21,22)(H,18,19,20). The van der Waals surface area contributed by atoms with Gasteiger partial charge < -0.3 is 10.4 Å². The summed E-state index contributed by atoms with van der Waals surface area (Å²) in [5, 5.41) is 12.3. The molecule has 0 radical (unpaired) electrons. The van der Waals surface area contributed by atoms with Crippen LogP contribution in [-0.4, -0.2) is 22.0 Å². The van der Waals surface area contributed by atoms with Gasteiger partial charge in [-0.15, -0.1) is 11.3 Å². The van der Waals surface area contributed by atoms with E-state index in [0.29, 0.717) is 22.1 Å². The van der Waals surface area contributed by atoms with Crippen molar-refractivity contribution in [1.82, 2.24) is 4.98 Å². The Morgan fingerprint density at radius 3 is 2.48 bits per heavy atom. The zero-order valence-electron chi connectivity index (χ0n) is 13.4. The fraction of sp³-hybridized carbons (Fsp3) is 0.353. The van der Waals surface area contributed by atoms with E-state index in [1.165, 1.54) is 11.3 Å². The Bertz CT molecular complexity index is 705. The highest BCUT2D eigenvalue weighted by atomic mass is 32.1. The van der Waals surface area contributed by atoms with Crippen LogP contribution in [0.4, 0.5) is 5.13 Å². The topological polar surface area (TPSA) is 79.3 Å². The number of aryl methyl sites for hydroxylation is 1. The van der Waals surface area contributed by atoms with E-state index in [1.54, 1.807) is 0 Å². The minimum Gasteiger partial charge on any atom is -0.481 e. The van der Waals surface area contributed by atoms with Crippen LogP contribution in [0.1, 0.15) is 30.7 Å². The number of thiazole rings is 1. The monoisotopic (exact) mass is 332 g/mol. The quantitative estimate of drug-likeness (QED) is 0.845. The number of anilines is 1. The second-order valence-electron chi connectivity index (χ2n) is 5.87. The number of hydrogen-bond donors (Lipinski definition) is 2. The molecule has 0 fully saturated rings. The summed E-state index contributed by atoms with van der Waals surface area (Å²) in [7, 11) is 0. The Hall–Kier alpha value is -2.21. The van der Waals surface area contributed by atoms with Gasteiger partial charge in [-0.3, -0.25) is 9.59 Å².